The zero-order valence-electron chi connectivity index (χ0n) is 9.66. The standard InChI is InChI=1S/C12H11NO5/c1-17-9(14)7-13-11(15)10(18-12(13)16)8-5-3-2-4-6-8/h2-6,10H,7H2,1H3. The molecule has 2 rings (SSSR count). The summed E-state index contributed by atoms with van der Waals surface area (Å²) >= 11 is 0. The molecule has 94 valence electrons. The van der Waals surface area contributed by atoms with Crippen LogP contribution in [0.4, 0.5) is 4.79 Å². The van der Waals surface area contributed by atoms with Crippen LogP contribution in [-0.4, -0.2) is 36.5 Å². The van der Waals surface area contributed by atoms with Crippen molar-refractivity contribution in [2.45, 2.75) is 6.10 Å². The van der Waals surface area contributed by atoms with Crippen LogP contribution in [0.1, 0.15) is 11.7 Å². The van der Waals surface area contributed by atoms with Crippen LogP contribution in [0.5, 0.6) is 0 Å². The molecule has 1 saturated heterocycles. The topological polar surface area (TPSA) is 72.9 Å². The zero-order valence-corrected chi connectivity index (χ0v) is 9.66. The predicted molar refractivity (Wildman–Crippen MR) is 59.4 cm³/mol. The lowest BCUT2D eigenvalue weighted by Crippen LogP contribution is -2.35. The number of hydrogen-bond donors (Lipinski definition) is 0. The summed E-state index contributed by atoms with van der Waals surface area (Å²) in [7, 11) is 1.18. The summed E-state index contributed by atoms with van der Waals surface area (Å²) in [5.41, 5.74) is 0.572. The van der Waals surface area contributed by atoms with Gasteiger partial charge in [-0.2, -0.15) is 0 Å². The molecule has 0 bridgehead atoms. The molecule has 2 amide bonds. The van der Waals surface area contributed by atoms with Crippen LogP contribution in [0, 0.1) is 0 Å². The molecule has 6 nitrogen and oxygen atoms in total. The van der Waals surface area contributed by atoms with E-state index in [4.69, 9.17) is 4.74 Å². The molecule has 1 aliphatic rings. The summed E-state index contributed by atoms with van der Waals surface area (Å²) in [6, 6.07) is 8.62. The fraction of sp³-hybridized carbons (Fsp3) is 0.250. The molecule has 0 N–H and O–H groups in total. The van der Waals surface area contributed by atoms with Crippen molar-refractivity contribution in [3.63, 3.8) is 0 Å². The average Bonchev–Trinajstić information content (AvgIpc) is 2.67. The van der Waals surface area contributed by atoms with E-state index in [9.17, 15) is 14.4 Å². The first kappa shape index (κ1) is 12.1. The summed E-state index contributed by atoms with van der Waals surface area (Å²) in [6.45, 7) is -0.433. The quantitative estimate of drug-likeness (QED) is 0.743. The predicted octanol–water partition coefficient (Wildman–Crippen LogP) is 0.879. The molecule has 0 radical (unpaired) electrons. The van der Waals surface area contributed by atoms with Crippen molar-refractivity contribution in [2.75, 3.05) is 13.7 Å². The van der Waals surface area contributed by atoms with E-state index in [1.807, 2.05) is 0 Å². The van der Waals surface area contributed by atoms with Gasteiger partial charge >= 0.3 is 12.1 Å². The average molecular weight is 249 g/mol. The number of rotatable bonds is 3. The molecular formula is C12H11NO5. The summed E-state index contributed by atoms with van der Waals surface area (Å²) < 4.78 is 9.36. The number of methoxy groups -OCH3 is 1. The molecule has 0 aliphatic carbocycles. The van der Waals surface area contributed by atoms with Gasteiger partial charge in [-0.3, -0.25) is 9.59 Å². The summed E-state index contributed by atoms with van der Waals surface area (Å²) in [6.07, 6.45) is -1.82. The summed E-state index contributed by atoms with van der Waals surface area (Å²) in [5.74, 6) is -1.23. The molecule has 1 atom stereocenters. The lowest BCUT2D eigenvalue weighted by Gasteiger charge is -2.09. The minimum Gasteiger partial charge on any atom is -0.468 e. The van der Waals surface area contributed by atoms with Crippen LogP contribution in [0.2, 0.25) is 0 Å². The third kappa shape index (κ3) is 2.17. The molecule has 1 aromatic carbocycles. The van der Waals surface area contributed by atoms with Gasteiger partial charge in [0, 0.05) is 5.56 Å². The number of carbonyl (C=O) groups is 3. The second-order valence-corrected chi connectivity index (χ2v) is 3.67. The van der Waals surface area contributed by atoms with E-state index in [0.717, 1.165) is 4.90 Å². The molecule has 1 aromatic rings. The van der Waals surface area contributed by atoms with Gasteiger partial charge in [-0.15, -0.1) is 0 Å². The lowest BCUT2D eigenvalue weighted by atomic mass is 10.1. The van der Waals surface area contributed by atoms with Gasteiger partial charge in [0.05, 0.1) is 7.11 Å². The van der Waals surface area contributed by atoms with Crippen LogP contribution in [0.25, 0.3) is 0 Å². The van der Waals surface area contributed by atoms with E-state index in [2.05, 4.69) is 4.74 Å². The Bertz CT molecular complexity index is 485. The van der Waals surface area contributed by atoms with Gasteiger partial charge in [0.2, 0.25) is 6.10 Å². The van der Waals surface area contributed by atoms with Crippen LogP contribution in [0.3, 0.4) is 0 Å². The maximum atomic E-state index is 11.9. The first-order valence-electron chi connectivity index (χ1n) is 5.27. The Morgan fingerprint density at radius 3 is 2.61 bits per heavy atom. The third-order valence-corrected chi connectivity index (χ3v) is 2.55. The van der Waals surface area contributed by atoms with Crippen LogP contribution >= 0.6 is 0 Å². The van der Waals surface area contributed by atoms with E-state index in [1.54, 1.807) is 30.3 Å². The number of benzene rings is 1. The highest BCUT2D eigenvalue weighted by molar-refractivity contribution is 6.02. The number of imide groups is 1. The number of amides is 2. The Hall–Kier alpha value is -2.37. The minimum absolute atomic E-state index is 0.433. The van der Waals surface area contributed by atoms with Crippen molar-refractivity contribution in [1.82, 2.24) is 4.90 Å². The highest BCUT2D eigenvalue weighted by Crippen LogP contribution is 2.27. The summed E-state index contributed by atoms with van der Waals surface area (Å²) in [5, 5.41) is 0. The van der Waals surface area contributed by atoms with E-state index < -0.39 is 30.6 Å². The van der Waals surface area contributed by atoms with Gasteiger partial charge < -0.3 is 9.47 Å². The second kappa shape index (κ2) is 4.87. The maximum Gasteiger partial charge on any atom is 0.418 e. The van der Waals surface area contributed by atoms with E-state index in [-0.39, 0.29) is 0 Å². The Balaban J connectivity index is 2.17. The Morgan fingerprint density at radius 2 is 2.00 bits per heavy atom. The van der Waals surface area contributed by atoms with E-state index >= 15 is 0 Å². The van der Waals surface area contributed by atoms with Gasteiger partial charge in [-0.25, -0.2) is 9.69 Å². The molecule has 6 heteroatoms. The highest BCUT2D eigenvalue weighted by atomic mass is 16.6. The van der Waals surface area contributed by atoms with Gasteiger partial charge in [0.1, 0.15) is 6.54 Å². The Kier molecular flexibility index (Phi) is 3.27. The van der Waals surface area contributed by atoms with E-state index in [0.29, 0.717) is 5.56 Å². The molecule has 0 aromatic heterocycles. The Labute approximate surface area is 103 Å². The molecular weight excluding hydrogens is 238 g/mol. The Morgan fingerprint density at radius 1 is 1.33 bits per heavy atom. The van der Waals surface area contributed by atoms with Crippen molar-refractivity contribution in [2.24, 2.45) is 0 Å². The molecule has 1 fully saturated rings. The van der Waals surface area contributed by atoms with Gasteiger partial charge in [-0.05, 0) is 0 Å². The monoisotopic (exact) mass is 249 g/mol. The third-order valence-electron chi connectivity index (χ3n) is 2.55. The van der Waals surface area contributed by atoms with Crippen molar-refractivity contribution in [3.8, 4) is 0 Å². The number of hydrogen-bond acceptors (Lipinski definition) is 5. The van der Waals surface area contributed by atoms with Crippen molar-refractivity contribution in [3.05, 3.63) is 35.9 Å². The summed E-state index contributed by atoms with van der Waals surface area (Å²) in [4.78, 5) is 35.3. The fourth-order valence-corrected chi connectivity index (χ4v) is 1.62. The van der Waals surface area contributed by atoms with Gasteiger partial charge in [0.25, 0.3) is 5.91 Å². The SMILES string of the molecule is COC(=O)CN1C(=O)OC(c2ccccc2)C1=O. The molecule has 1 aliphatic heterocycles. The fourth-order valence-electron chi connectivity index (χ4n) is 1.62. The number of esters is 1. The first-order chi connectivity index (χ1) is 8.63. The normalized spacial score (nSPS) is 18.7. The lowest BCUT2D eigenvalue weighted by molar-refractivity contribution is -0.144. The minimum atomic E-state index is -0.983. The van der Waals surface area contributed by atoms with Gasteiger partial charge in [-0.1, -0.05) is 30.3 Å². The molecule has 18 heavy (non-hydrogen) atoms. The van der Waals surface area contributed by atoms with Crippen LogP contribution in [-0.2, 0) is 19.1 Å². The molecule has 0 spiro atoms. The number of ether oxygens (including phenoxy) is 2. The highest BCUT2D eigenvalue weighted by Gasteiger charge is 2.42. The van der Waals surface area contributed by atoms with E-state index in [1.165, 1.54) is 7.11 Å². The van der Waals surface area contributed by atoms with Crippen LogP contribution < -0.4 is 0 Å². The number of cyclic esters (lactones) is 1. The molecule has 1 heterocycles. The molecule has 1 unspecified atom stereocenters. The van der Waals surface area contributed by atoms with Crippen molar-refractivity contribution < 1.29 is 23.9 Å². The second-order valence-electron chi connectivity index (χ2n) is 3.67. The smallest absolute Gasteiger partial charge is 0.418 e. The molecule has 0 saturated carbocycles. The zero-order chi connectivity index (χ0) is 13.1. The van der Waals surface area contributed by atoms with Crippen LogP contribution in [0.15, 0.2) is 30.3 Å². The largest absolute Gasteiger partial charge is 0.468 e. The number of carbonyl (C=O) groups excluding carboxylic acids is 3. The van der Waals surface area contributed by atoms with Crippen molar-refractivity contribution >= 4 is 18.0 Å². The van der Waals surface area contributed by atoms with Crippen molar-refractivity contribution in [1.29, 1.82) is 0 Å². The first-order valence-corrected chi connectivity index (χ1v) is 5.27. The van der Waals surface area contributed by atoms with Gasteiger partial charge in [0.15, 0.2) is 0 Å². The maximum absolute atomic E-state index is 11.9. The number of nitrogens with zero attached hydrogens (tertiary/aromatic N) is 1.